The van der Waals surface area contributed by atoms with Gasteiger partial charge in [0.15, 0.2) is 17.2 Å². The van der Waals surface area contributed by atoms with Crippen LogP contribution in [0.25, 0.3) is 23.1 Å². The third-order valence-electron chi connectivity index (χ3n) is 4.44. The first-order chi connectivity index (χ1) is 15.0. The van der Waals surface area contributed by atoms with Crippen molar-refractivity contribution in [3.05, 3.63) is 59.8 Å². The Morgan fingerprint density at radius 2 is 1.58 bits per heavy atom. The highest BCUT2D eigenvalue weighted by Crippen LogP contribution is 2.30. The van der Waals surface area contributed by atoms with E-state index in [1.54, 1.807) is 26.0 Å². The maximum atomic E-state index is 11.7. The molecule has 0 amide bonds. The third kappa shape index (κ3) is 5.69. The summed E-state index contributed by atoms with van der Waals surface area (Å²) in [5, 5.41) is 0.888. The van der Waals surface area contributed by atoms with Crippen LogP contribution in [0.4, 0.5) is 0 Å². The first-order valence-corrected chi connectivity index (χ1v) is 10.3. The summed E-state index contributed by atoms with van der Waals surface area (Å²) in [6.45, 7) is 5.82. The van der Waals surface area contributed by atoms with Gasteiger partial charge in [-0.05, 0) is 42.8 Å². The summed E-state index contributed by atoms with van der Waals surface area (Å²) < 4.78 is 16.4. The number of carbonyl (C=O) groups excluding carboxylic acids is 2. The molecule has 0 atom stereocenters. The van der Waals surface area contributed by atoms with E-state index in [0.29, 0.717) is 41.5 Å². The minimum atomic E-state index is -0.316. The van der Waals surface area contributed by atoms with Gasteiger partial charge in [-0.15, -0.1) is 0 Å². The van der Waals surface area contributed by atoms with Crippen LogP contribution in [0.15, 0.2) is 48.5 Å². The summed E-state index contributed by atoms with van der Waals surface area (Å²) in [5.74, 6) is 0.732. The van der Waals surface area contributed by atoms with Crippen LogP contribution < -0.4 is 14.2 Å². The highest BCUT2D eigenvalue weighted by Gasteiger charge is 2.10. The Labute approximate surface area is 181 Å². The van der Waals surface area contributed by atoms with Crippen molar-refractivity contribution in [2.45, 2.75) is 33.6 Å². The number of ether oxygens (including phenoxy) is 3. The standard InChI is InChI=1S/C25H25NO5/c1-4-23(27)30-20-15-11-17(16-22(20)29-6-3)10-13-19-14-12-18-8-7-9-21(25(18)26-19)31-24(28)5-2/h7-16H,4-6H2,1-3H3/b13-10+. The van der Waals surface area contributed by atoms with Gasteiger partial charge in [-0.1, -0.05) is 44.2 Å². The first-order valence-electron chi connectivity index (χ1n) is 10.3. The minimum absolute atomic E-state index is 0.288. The Kier molecular flexibility index (Phi) is 7.38. The topological polar surface area (TPSA) is 74.7 Å². The molecule has 0 unspecified atom stereocenters. The van der Waals surface area contributed by atoms with Crippen LogP contribution in [-0.2, 0) is 9.59 Å². The molecule has 0 spiro atoms. The highest BCUT2D eigenvalue weighted by molar-refractivity contribution is 5.88. The SMILES string of the molecule is CCOc1cc(/C=C/c2ccc3cccc(OC(=O)CC)c3n2)ccc1OC(=O)CC. The van der Waals surface area contributed by atoms with Gasteiger partial charge in [-0.3, -0.25) is 9.59 Å². The van der Waals surface area contributed by atoms with Crippen LogP contribution >= 0.6 is 0 Å². The predicted octanol–water partition coefficient (Wildman–Crippen LogP) is 5.43. The zero-order chi connectivity index (χ0) is 22.2. The molecular weight excluding hydrogens is 394 g/mol. The molecule has 0 N–H and O–H groups in total. The fraction of sp³-hybridized carbons (Fsp3) is 0.240. The maximum Gasteiger partial charge on any atom is 0.311 e. The largest absolute Gasteiger partial charge is 0.490 e. The molecule has 0 aliphatic carbocycles. The van der Waals surface area contributed by atoms with Crippen LogP contribution in [0, 0.1) is 0 Å². The molecule has 1 heterocycles. The van der Waals surface area contributed by atoms with Gasteiger partial charge >= 0.3 is 11.9 Å². The van der Waals surface area contributed by atoms with Crippen molar-refractivity contribution in [1.82, 2.24) is 4.98 Å². The lowest BCUT2D eigenvalue weighted by Gasteiger charge is -2.11. The second kappa shape index (κ2) is 10.4. The second-order valence-corrected chi connectivity index (χ2v) is 6.69. The lowest BCUT2D eigenvalue weighted by atomic mass is 10.1. The fourth-order valence-electron chi connectivity index (χ4n) is 2.86. The number of benzene rings is 2. The lowest BCUT2D eigenvalue weighted by molar-refractivity contribution is -0.134. The number of aromatic nitrogens is 1. The molecule has 160 valence electrons. The van der Waals surface area contributed by atoms with E-state index < -0.39 is 0 Å². The number of esters is 2. The molecule has 0 aliphatic rings. The van der Waals surface area contributed by atoms with Crippen molar-refractivity contribution in [3.8, 4) is 17.2 Å². The number of carbonyl (C=O) groups is 2. The zero-order valence-corrected chi connectivity index (χ0v) is 17.9. The Bertz CT molecular complexity index is 1120. The lowest BCUT2D eigenvalue weighted by Crippen LogP contribution is -2.07. The Morgan fingerprint density at radius 1 is 0.839 bits per heavy atom. The van der Waals surface area contributed by atoms with E-state index in [1.807, 2.05) is 55.5 Å². The molecule has 1 aromatic heterocycles. The van der Waals surface area contributed by atoms with Crippen molar-refractivity contribution in [2.24, 2.45) is 0 Å². The summed E-state index contributed by atoms with van der Waals surface area (Å²) in [6.07, 6.45) is 4.33. The van der Waals surface area contributed by atoms with Crippen LogP contribution in [0.1, 0.15) is 44.9 Å². The quantitative estimate of drug-likeness (QED) is 0.358. The first kappa shape index (κ1) is 22.0. The molecule has 0 bridgehead atoms. The number of hydrogen-bond acceptors (Lipinski definition) is 6. The number of pyridine rings is 1. The molecule has 3 rings (SSSR count). The smallest absolute Gasteiger partial charge is 0.311 e. The van der Waals surface area contributed by atoms with Crippen molar-refractivity contribution < 1.29 is 23.8 Å². The number of fused-ring (bicyclic) bond motifs is 1. The van der Waals surface area contributed by atoms with Gasteiger partial charge in [-0.25, -0.2) is 4.98 Å². The van der Waals surface area contributed by atoms with E-state index in [1.165, 1.54) is 0 Å². The molecular formula is C25H25NO5. The third-order valence-corrected chi connectivity index (χ3v) is 4.44. The summed E-state index contributed by atoms with van der Waals surface area (Å²) in [4.78, 5) is 28.0. The van der Waals surface area contributed by atoms with E-state index in [4.69, 9.17) is 14.2 Å². The summed E-state index contributed by atoms with van der Waals surface area (Å²) in [7, 11) is 0. The summed E-state index contributed by atoms with van der Waals surface area (Å²) in [6, 6.07) is 14.7. The van der Waals surface area contributed by atoms with Gasteiger partial charge < -0.3 is 14.2 Å². The number of rotatable bonds is 8. The molecule has 0 aliphatic heterocycles. The van der Waals surface area contributed by atoms with E-state index in [-0.39, 0.29) is 18.4 Å². The van der Waals surface area contributed by atoms with Crippen molar-refractivity contribution in [1.29, 1.82) is 0 Å². The van der Waals surface area contributed by atoms with E-state index in [2.05, 4.69) is 4.98 Å². The fourth-order valence-corrected chi connectivity index (χ4v) is 2.86. The molecule has 0 fully saturated rings. The van der Waals surface area contributed by atoms with Crippen LogP contribution in [-0.4, -0.2) is 23.5 Å². The van der Waals surface area contributed by atoms with Crippen molar-refractivity contribution in [2.75, 3.05) is 6.61 Å². The molecule has 6 heteroatoms. The van der Waals surface area contributed by atoms with Gasteiger partial charge in [0.1, 0.15) is 5.52 Å². The van der Waals surface area contributed by atoms with Gasteiger partial charge in [0.05, 0.1) is 12.3 Å². The maximum absolute atomic E-state index is 11.7. The Hall–Kier alpha value is -3.67. The monoisotopic (exact) mass is 419 g/mol. The Balaban J connectivity index is 1.88. The van der Waals surface area contributed by atoms with Crippen LogP contribution in [0.2, 0.25) is 0 Å². The average Bonchev–Trinajstić information content (AvgIpc) is 2.79. The number of nitrogens with zero attached hydrogens (tertiary/aromatic N) is 1. The average molecular weight is 419 g/mol. The van der Waals surface area contributed by atoms with Gasteiger partial charge in [0.25, 0.3) is 0 Å². The van der Waals surface area contributed by atoms with Crippen LogP contribution in [0.5, 0.6) is 17.2 Å². The van der Waals surface area contributed by atoms with Gasteiger partial charge in [0, 0.05) is 18.2 Å². The highest BCUT2D eigenvalue weighted by atomic mass is 16.6. The molecule has 2 aromatic carbocycles. The molecule has 0 radical (unpaired) electrons. The van der Waals surface area contributed by atoms with E-state index in [0.717, 1.165) is 10.9 Å². The zero-order valence-electron chi connectivity index (χ0n) is 17.9. The number of hydrogen-bond donors (Lipinski definition) is 0. The Morgan fingerprint density at radius 3 is 2.29 bits per heavy atom. The van der Waals surface area contributed by atoms with E-state index >= 15 is 0 Å². The molecule has 31 heavy (non-hydrogen) atoms. The van der Waals surface area contributed by atoms with E-state index in [9.17, 15) is 9.59 Å². The van der Waals surface area contributed by atoms with Gasteiger partial charge in [0.2, 0.25) is 0 Å². The van der Waals surface area contributed by atoms with Crippen molar-refractivity contribution in [3.63, 3.8) is 0 Å². The van der Waals surface area contributed by atoms with Crippen molar-refractivity contribution >= 4 is 35.0 Å². The van der Waals surface area contributed by atoms with Gasteiger partial charge in [-0.2, -0.15) is 0 Å². The normalized spacial score (nSPS) is 10.9. The number of para-hydroxylation sites is 1. The van der Waals surface area contributed by atoms with Crippen LogP contribution in [0.3, 0.4) is 0 Å². The second-order valence-electron chi connectivity index (χ2n) is 6.69. The molecule has 3 aromatic rings. The summed E-state index contributed by atoms with van der Waals surface area (Å²) in [5.41, 5.74) is 2.21. The molecule has 0 saturated heterocycles. The minimum Gasteiger partial charge on any atom is -0.490 e. The summed E-state index contributed by atoms with van der Waals surface area (Å²) >= 11 is 0. The molecule has 0 saturated carbocycles. The molecule has 6 nitrogen and oxygen atoms in total. The predicted molar refractivity (Wildman–Crippen MR) is 120 cm³/mol.